The number of carbonyl (C=O) groups is 1. The summed E-state index contributed by atoms with van der Waals surface area (Å²) in [6, 6.07) is 18.8. The Morgan fingerprint density at radius 1 is 1.03 bits per heavy atom. The van der Waals surface area contributed by atoms with Gasteiger partial charge in [0.1, 0.15) is 28.8 Å². The fraction of sp³-hybridized carbons (Fsp3) is 0.179. The molecule has 4 rings (SSSR count). The van der Waals surface area contributed by atoms with Crippen molar-refractivity contribution in [2.24, 2.45) is 0 Å². The van der Waals surface area contributed by atoms with Gasteiger partial charge in [-0.15, -0.1) is 0 Å². The average molecular weight is 455 g/mol. The molecule has 0 radical (unpaired) electrons. The first-order chi connectivity index (χ1) is 16.6. The van der Waals surface area contributed by atoms with Crippen LogP contribution >= 0.6 is 0 Å². The number of carbonyl (C=O) groups excluding carboxylic acids is 1. The van der Waals surface area contributed by atoms with Gasteiger partial charge in [0.05, 0.1) is 18.7 Å². The number of nitrogens with zero attached hydrogens (tertiary/aromatic N) is 2. The molecule has 6 heteroatoms. The summed E-state index contributed by atoms with van der Waals surface area (Å²) in [6.45, 7) is 10.0. The molecule has 0 aliphatic rings. The first-order valence-electron chi connectivity index (χ1n) is 11.0. The summed E-state index contributed by atoms with van der Waals surface area (Å²) in [4.78, 5) is 20.3. The van der Waals surface area contributed by atoms with Crippen molar-refractivity contribution in [3.63, 3.8) is 0 Å². The van der Waals surface area contributed by atoms with Gasteiger partial charge in [0, 0.05) is 24.4 Å². The van der Waals surface area contributed by atoms with E-state index in [9.17, 15) is 9.18 Å². The third-order valence-corrected chi connectivity index (χ3v) is 5.26. The fourth-order valence-corrected chi connectivity index (χ4v) is 3.59. The number of fused-ring (bicyclic) bond motifs is 1. The highest BCUT2D eigenvalue weighted by Crippen LogP contribution is 2.37. The standard InChI is InChI=1S/C28H23FN2O3/c1-3-14-33-28-18-25-23(17-26(28)30-2)27(12-13-31-25)34-22-10-8-19(9-11-22)15-21(32)16-20-6-4-5-7-24(20)29/h4-13,17-18H,3,14-16H2,1H3. The van der Waals surface area contributed by atoms with Crippen molar-refractivity contribution in [2.75, 3.05) is 6.61 Å². The third-order valence-electron chi connectivity index (χ3n) is 5.26. The first kappa shape index (κ1) is 22.9. The van der Waals surface area contributed by atoms with Crippen molar-refractivity contribution in [1.82, 2.24) is 4.98 Å². The zero-order chi connectivity index (χ0) is 23.9. The number of aromatic nitrogens is 1. The molecule has 0 saturated heterocycles. The van der Waals surface area contributed by atoms with Gasteiger partial charge in [-0.25, -0.2) is 9.24 Å². The van der Waals surface area contributed by atoms with E-state index in [1.54, 1.807) is 54.7 Å². The first-order valence-corrected chi connectivity index (χ1v) is 11.0. The Morgan fingerprint density at radius 2 is 1.82 bits per heavy atom. The number of halogens is 1. The van der Waals surface area contributed by atoms with E-state index in [1.165, 1.54) is 6.07 Å². The lowest BCUT2D eigenvalue weighted by molar-refractivity contribution is -0.117. The second-order valence-electron chi connectivity index (χ2n) is 7.84. The zero-order valence-corrected chi connectivity index (χ0v) is 18.8. The lowest BCUT2D eigenvalue weighted by Gasteiger charge is -2.12. The van der Waals surface area contributed by atoms with E-state index in [4.69, 9.17) is 16.0 Å². The number of hydrogen-bond donors (Lipinski definition) is 0. The highest BCUT2D eigenvalue weighted by molar-refractivity contribution is 5.91. The minimum absolute atomic E-state index is 0.0568. The smallest absolute Gasteiger partial charge is 0.229 e. The van der Waals surface area contributed by atoms with E-state index in [0.717, 1.165) is 12.0 Å². The molecule has 1 heterocycles. The molecule has 0 unspecified atom stereocenters. The van der Waals surface area contributed by atoms with Crippen LogP contribution in [0.5, 0.6) is 17.2 Å². The molecule has 170 valence electrons. The Bertz CT molecular complexity index is 1360. The Labute approximate surface area is 197 Å². The minimum Gasteiger partial charge on any atom is -0.505 e. The molecule has 0 N–H and O–H groups in total. The molecular formula is C28H23FN2O3. The van der Waals surface area contributed by atoms with Crippen LogP contribution in [0.1, 0.15) is 24.5 Å². The van der Waals surface area contributed by atoms with Crippen LogP contribution in [0, 0.1) is 12.4 Å². The van der Waals surface area contributed by atoms with Crippen molar-refractivity contribution in [1.29, 1.82) is 0 Å². The highest BCUT2D eigenvalue weighted by atomic mass is 19.1. The minimum atomic E-state index is -0.366. The van der Waals surface area contributed by atoms with E-state index in [1.807, 2.05) is 19.1 Å². The van der Waals surface area contributed by atoms with Gasteiger partial charge in [-0.3, -0.25) is 9.78 Å². The molecule has 5 nitrogen and oxygen atoms in total. The van der Waals surface area contributed by atoms with Gasteiger partial charge in [0.15, 0.2) is 0 Å². The van der Waals surface area contributed by atoms with Crippen LogP contribution in [0.3, 0.4) is 0 Å². The zero-order valence-electron chi connectivity index (χ0n) is 18.8. The topological polar surface area (TPSA) is 52.8 Å². The molecule has 0 aliphatic carbocycles. The highest BCUT2D eigenvalue weighted by Gasteiger charge is 2.12. The number of hydrogen-bond acceptors (Lipinski definition) is 4. The third kappa shape index (κ3) is 5.38. The Balaban J connectivity index is 1.48. The van der Waals surface area contributed by atoms with Gasteiger partial charge >= 0.3 is 0 Å². The van der Waals surface area contributed by atoms with Crippen LogP contribution in [-0.2, 0) is 17.6 Å². The normalized spacial score (nSPS) is 10.6. The molecule has 3 aromatic carbocycles. The number of Topliss-reactive ketones (excluding diaryl/α,β-unsaturated/α-hetero) is 1. The summed E-state index contributed by atoms with van der Waals surface area (Å²) in [5.74, 6) is 1.24. The van der Waals surface area contributed by atoms with Gasteiger partial charge in [0.2, 0.25) is 5.69 Å². The van der Waals surface area contributed by atoms with Gasteiger partial charge in [-0.05, 0) is 53.9 Å². The molecule has 1 aromatic heterocycles. The number of rotatable bonds is 9. The summed E-state index contributed by atoms with van der Waals surface area (Å²) in [6.07, 6.45) is 2.76. The van der Waals surface area contributed by atoms with Crippen molar-refractivity contribution in [3.8, 4) is 17.2 Å². The Morgan fingerprint density at radius 3 is 2.56 bits per heavy atom. The molecule has 0 bridgehead atoms. The van der Waals surface area contributed by atoms with Crippen molar-refractivity contribution in [2.45, 2.75) is 26.2 Å². The average Bonchev–Trinajstić information content (AvgIpc) is 2.85. The quantitative estimate of drug-likeness (QED) is 0.259. The molecule has 0 atom stereocenters. The maximum Gasteiger partial charge on any atom is 0.229 e. The largest absolute Gasteiger partial charge is 0.505 e. The van der Waals surface area contributed by atoms with Crippen LogP contribution in [0.15, 0.2) is 72.9 Å². The second-order valence-corrected chi connectivity index (χ2v) is 7.84. The van der Waals surface area contributed by atoms with E-state index < -0.39 is 0 Å². The van der Waals surface area contributed by atoms with Gasteiger partial charge in [-0.2, -0.15) is 0 Å². The maximum atomic E-state index is 13.8. The molecule has 0 aliphatic heterocycles. The van der Waals surface area contributed by atoms with Crippen molar-refractivity contribution in [3.05, 3.63) is 101 Å². The lowest BCUT2D eigenvalue weighted by atomic mass is 10.0. The van der Waals surface area contributed by atoms with E-state index in [0.29, 0.717) is 46.0 Å². The van der Waals surface area contributed by atoms with Crippen molar-refractivity contribution < 1.29 is 18.7 Å². The Kier molecular flexibility index (Phi) is 7.14. The summed E-state index contributed by atoms with van der Waals surface area (Å²) in [5, 5.41) is 0.710. The van der Waals surface area contributed by atoms with E-state index in [-0.39, 0.29) is 24.4 Å². The van der Waals surface area contributed by atoms with Crippen LogP contribution in [0.2, 0.25) is 0 Å². The summed E-state index contributed by atoms with van der Waals surface area (Å²) in [7, 11) is 0. The lowest BCUT2D eigenvalue weighted by Crippen LogP contribution is -2.07. The number of ether oxygens (including phenoxy) is 2. The molecule has 0 spiro atoms. The molecule has 0 amide bonds. The number of benzene rings is 3. The molecule has 34 heavy (non-hydrogen) atoms. The summed E-state index contributed by atoms with van der Waals surface area (Å²) in [5.41, 5.74) is 2.30. The molecule has 0 fully saturated rings. The summed E-state index contributed by atoms with van der Waals surface area (Å²) >= 11 is 0. The molecule has 0 saturated carbocycles. The number of pyridine rings is 1. The van der Waals surface area contributed by atoms with Crippen LogP contribution < -0.4 is 9.47 Å². The Hall–Kier alpha value is -4.24. The van der Waals surface area contributed by atoms with Crippen molar-refractivity contribution >= 4 is 22.4 Å². The predicted octanol–water partition coefficient (Wildman–Crippen LogP) is 6.86. The predicted molar refractivity (Wildman–Crippen MR) is 129 cm³/mol. The van der Waals surface area contributed by atoms with Gasteiger partial charge in [0.25, 0.3) is 0 Å². The summed E-state index contributed by atoms with van der Waals surface area (Å²) < 4.78 is 25.5. The van der Waals surface area contributed by atoms with Gasteiger partial charge < -0.3 is 9.47 Å². The van der Waals surface area contributed by atoms with Crippen LogP contribution in [0.25, 0.3) is 15.7 Å². The monoisotopic (exact) mass is 454 g/mol. The molecule has 4 aromatic rings. The molecular weight excluding hydrogens is 431 g/mol. The van der Waals surface area contributed by atoms with Crippen LogP contribution in [-0.4, -0.2) is 17.4 Å². The SMILES string of the molecule is [C-]#[N+]c1cc2c(Oc3ccc(CC(=O)Cc4ccccc4F)cc3)ccnc2cc1OCCC. The van der Waals surface area contributed by atoms with E-state index in [2.05, 4.69) is 9.83 Å². The number of ketones is 1. The second kappa shape index (κ2) is 10.6. The van der Waals surface area contributed by atoms with Crippen LogP contribution in [0.4, 0.5) is 10.1 Å². The maximum absolute atomic E-state index is 13.8. The van der Waals surface area contributed by atoms with Gasteiger partial charge in [-0.1, -0.05) is 37.3 Å². The van der Waals surface area contributed by atoms with E-state index >= 15 is 0 Å². The fourth-order valence-electron chi connectivity index (χ4n) is 3.59.